The average molecular weight is 268 g/mol. The summed E-state index contributed by atoms with van der Waals surface area (Å²) in [4.78, 5) is 12.7. The maximum Gasteiger partial charge on any atom is 0.223 e. The lowest BCUT2D eigenvalue weighted by Gasteiger charge is -2.38. The quantitative estimate of drug-likeness (QED) is 0.774. The highest BCUT2D eigenvalue weighted by Gasteiger charge is 2.37. The van der Waals surface area contributed by atoms with Crippen molar-refractivity contribution in [2.75, 3.05) is 0 Å². The zero-order valence-electron chi connectivity index (χ0n) is 11.0. The summed E-state index contributed by atoms with van der Waals surface area (Å²) in [6.45, 7) is 0. The SMILES string of the molecule is NC(=S)C1(NC(=O)C2CCC2)CCCCCCC1. The number of hydrogen-bond donors (Lipinski definition) is 2. The van der Waals surface area contributed by atoms with Crippen LogP contribution in [-0.2, 0) is 4.79 Å². The van der Waals surface area contributed by atoms with Crippen LogP contribution in [0.3, 0.4) is 0 Å². The van der Waals surface area contributed by atoms with Gasteiger partial charge in [0.05, 0.1) is 10.5 Å². The Kier molecular flexibility index (Phi) is 4.60. The van der Waals surface area contributed by atoms with Crippen LogP contribution in [0.25, 0.3) is 0 Å². The highest BCUT2D eigenvalue weighted by molar-refractivity contribution is 7.80. The Morgan fingerprint density at radius 1 is 1.06 bits per heavy atom. The number of thiocarbonyl (C=S) groups is 1. The number of carbonyl (C=O) groups excluding carboxylic acids is 1. The van der Waals surface area contributed by atoms with E-state index in [0.717, 1.165) is 38.5 Å². The molecule has 3 N–H and O–H groups in total. The van der Waals surface area contributed by atoms with E-state index in [1.165, 1.54) is 25.7 Å². The Hall–Kier alpha value is -0.640. The standard InChI is InChI=1S/C14H24N2OS/c15-13(18)14(9-4-2-1-3-5-10-14)16-12(17)11-7-6-8-11/h11H,1-10H2,(H2,15,18)(H,16,17). The molecule has 0 saturated heterocycles. The minimum absolute atomic E-state index is 0.176. The molecule has 1 amide bonds. The van der Waals surface area contributed by atoms with Gasteiger partial charge < -0.3 is 11.1 Å². The second kappa shape index (κ2) is 6.00. The Morgan fingerprint density at radius 2 is 1.61 bits per heavy atom. The van der Waals surface area contributed by atoms with Gasteiger partial charge >= 0.3 is 0 Å². The Morgan fingerprint density at radius 3 is 2.06 bits per heavy atom. The molecule has 18 heavy (non-hydrogen) atoms. The molecule has 0 unspecified atom stereocenters. The molecule has 3 nitrogen and oxygen atoms in total. The second-order valence-electron chi connectivity index (χ2n) is 5.83. The number of amides is 1. The number of nitrogens with two attached hydrogens (primary N) is 1. The third-order valence-electron chi connectivity index (χ3n) is 4.52. The fourth-order valence-electron chi connectivity index (χ4n) is 2.95. The number of rotatable bonds is 3. The van der Waals surface area contributed by atoms with E-state index in [2.05, 4.69) is 5.32 Å². The maximum atomic E-state index is 12.2. The van der Waals surface area contributed by atoms with Crippen LogP contribution in [0.2, 0.25) is 0 Å². The van der Waals surface area contributed by atoms with Gasteiger partial charge in [-0.1, -0.05) is 50.7 Å². The van der Waals surface area contributed by atoms with Crippen molar-refractivity contribution in [2.45, 2.75) is 69.7 Å². The summed E-state index contributed by atoms with van der Waals surface area (Å²) < 4.78 is 0. The molecule has 0 aromatic carbocycles. The molecule has 2 saturated carbocycles. The van der Waals surface area contributed by atoms with Crippen molar-refractivity contribution in [2.24, 2.45) is 11.7 Å². The first-order chi connectivity index (χ1) is 8.64. The zero-order valence-corrected chi connectivity index (χ0v) is 11.9. The number of hydrogen-bond acceptors (Lipinski definition) is 2. The van der Waals surface area contributed by atoms with Gasteiger partial charge in [0.2, 0.25) is 5.91 Å². The predicted octanol–water partition coefficient (Wildman–Crippen LogP) is 2.67. The minimum atomic E-state index is -0.400. The zero-order chi connectivity index (χ0) is 13.0. The molecular weight excluding hydrogens is 244 g/mol. The molecule has 0 aliphatic heterocycles. The molecule has 0 heterocycles. The first-order valence-corrected chi connectivity index (χ1v) is 7.67. The Balaban J connectivity index is 2.03. The van der Waals surface area contributed by atoms with Gasteiger partial charge in [0.15, 0.2) is 0 Å². The summed E-state index contributed by atoms with van der Waals surface area (Å²) in [5, 5.41) is 3.20. The van der Waals surface area contributed by atoms with Crippen LogP contribution in [-0.4, -0.2) is 16.4 Å². The van der Waals surface area contributed by atoms with Gasteiger partial charge in [-0.05, 0) is 25.7 Å². The van der Waals surface area contributed by atoms with Gasteiger partial charge in [0.1, 0.15) is 0 Å². The highest BCUT2D eigenvalue weighted by atomic mass is 32.1. The molecule has 0 atom stereocenters. The van der Waals surface area contributed by atoms with Crippen LogP contribution in [0.1, 0.15) is 64.2 Å². The Labute approximate surface area is 115 Å². The van der Waals surface area contributed by atoms with Crippen molar-refractivity contribution in [3.8, 4) is 0 Å². The molecule has 0 bridgehead atoms. The molecule has 0 spiro atoms. The van der Waals surface area contributed by atoms with Gasteiger partial charge in [-0.25, -0.2) is 0 Å². The normalized spacial score (nSPS) is 24.4. The molecule has 0 aromatic heterocycles. The molecule has 2 fully saturated rings. The van der Waals surface area contributed by atoms with Gasteiger partial charge in [-0.2, -0.15) is 0 Å². The lowest BCUT2D eigenvalue weighted by atomic mass is 9.80. The smallest absolute Gasteiger partial charge is 0.223 e. The monoisotopic (exact) mass is 268 g/mol. The summed E-state index contributed by atoms with van der Waals surface area (Å²) in [6.07, 6.45) is 11.0. The number of nitrogens with one attached hydrogen (secondary N) is 1. The molecular formula is C14H24N2OS. The van der Waals surface area contributed by atoms with Crippen LogP contribution in [0.15, 0.2) is 0 Å². The Bertz CT molecular complexity index is 318. The molecule has 0 aromatic rings. The summed E-state index contributed by atoms with van der Waals surface area (Å²) in [6, 6.07) is 0. The summed E-state index contributed by atoms with van der Waals surface area (Å²) in [5.74, 6) is 0.385. The lowest BCUT2D eigenvalue weighted by Crippen LogP contribution is -2.58. The highest BCUT2D eigenvalue weighted by Crippen LogP contribution is 2.30. The van der Waals surface area contributed by atoms with E-state index in [1.54, 1.807) is 0 Å². The van der Waals surface area contributed by atoms with Crippen molar-refractivity contribution in [1.29, 1.82) is 0 Å². The van der Waals surface area contributed by atoms with E-state index < -0.39 is 5.54 Å². The van der Waals surface area contributed by atoms with Crippen molar-refractivity contribution >= 4 is 23.1 Å². The van der Waals surface area contributed by atoms with Crippen LogP contribution < -0.4 is 11.1 Å². The van der Waals surface area contributed by atoms with Crippen molar-refractivity contribution in [3.05, 3.63) is 0 Å². The molecule has 4 heteroatoms. The topological polar surface area (TPSA) is 55.1 Å². The second-order valence-corrected chi connectivity index (χ2v) is 6.27. The van der Waals surface area contributed by atoms with Gasteiger partial charge in [0, 0.05) is 5.92 Å². The van der Waals surface area contributed by atoms with Crippen LogP contribution in [0.5, 0.6) is 0 Å². The summed E-state index contributed by atoms with van der Waals surface area (Å²) in [7, 11) is 0. The van der Waals surface area contributed by atoms with Crippen LogP contribution in [0, 0.1) is 5.92 Å². The van der Waals surface area contributed by atoms with E-state index in [9.17, 15) is 4.79 Å². The van der Waals surface area contributed by atoms with Crippen molar-refractivity contribution in [1.82, 2.24) is 5.32 Å². The van der Waals surface area contributed by atoms with Gasteiger partial charge in [-0.3, -0.25) is 4.79 Å². The van der Waals surface area contributed by atoms with E-state index in [-0.39, 0.29) is 11.8 Å². The van der Waals surface area contributed by atoms with E-state index in [0.29, 0.717) is 4.99 Å². The molecule has 2 aliphatic rings. The molecule has 102 valence electrons. The maximum absolute atomic E-state index is 12.2. The summed E-state index contributed by atoms with van der Waals surface area (Å²) >= 11 is 5.25. The fraction of sp³-hybridized carbons (Fsp3) is 0.857. The van der Waals surface area contributed by atoms with E-state index in [4.69, 9.17) is 18.0 Å². The number of carbonyl (C=O) groups is 1. The first-order valence-electron chi connectivity index (χ1n) is 7.26. The van der Waals surface area contributed by atoms with Crippen molar-refractivity contribution < 1.29 is 4.79 Å². The van der Waals surface area contributed by atoms with Crippen molar-refractivity contribution in [3.63, 3.8) is 0 Å². The van der Waals surface area contributed by atoms with E-state index >= 15 is 0 Å². The average Bonchev–Trinajstić information content (AvgIpc) is 2.19. The van der Waals surface area contributed by atoms with Crippen LogP contribution >= 0.6 is 12.2 Å². The molecule has 2 aliphatic carbocycles. The first kappa shape index (κ1) is 13.8. The molecule has 2 rings (SSSR count). The fourth-order valence-corrected chi connectivity index (χ4v) is 3.21. The van der Waals surface area contributed by atoms with Crippen LogP contribution in [0.4, 0.5) is 0 Å². The predicted molar refractivity (Wildman–Crippen MR) is 77.3 cm³/mol. The molecule has 0 radical (unpaired) electrons. The lowest BCUT2D eigenvalue weighted by molar-refractivity contribution is -0.128. The minimum Gasteiger partial charge on any atom is -0.391 e. The van der Waals surface area contributed by atoms with E-state index in [1.807, 2.05) is 0 Å². The third kappa shape index (κ3) is 3.02. The third-order valence-corrected chi connectivity index (χ3v) is 4.91. The van der Waals surface area contributed by atoms with Gasteiger partial charge in [0.25, 0.3) is 0 Å². The summed E-state index contributed by atoms with van der Waals surface area (Å²) in [5.41, 5.74) is 5.55. The largest absolute Gasteiger partial charge is 0.391 e. The van der Waals surface area contributed by atoms with Gasteiger partial charge in [-0.15, -0.1) is 0 Å².